The number of rotatable bonds is 4. The number of carbonyl (C=O) groups is 2. The topological polar surface area (TPSA) is 55.8 Å². The van der Waals surface area contributed by atoms with Crippen molar-refractivity contribution in [2.75, 3.05) is 18.1 Å². The number of amides is 1. The third-order valence-corrected chi connectivity index (χ3v) is 5.24. The average molecular weight is 341 g/mol. The lowest BCUT2D eigenvalue weighted by Crippen LogP contribution is -2.40. The fourth-order valence-electron chi connectivity index (χ4n) is 4.13. The second-order valence-corrected chi connectivity index (χ2v) is 7.69. The van der Waals surface area contributed by atoms with Crippen LogP contribution < -0.4 is 4.90 Å². The molecule has 5 heteroatoms. The largest absolute Gasteiger partial charge is 0.465 e. The molecule has 1 amide bonds. The minimum absolute atomic E-state index is 0.0519. The van der Waals surface area contributed by atoms with Crippen LogP contribution in [0, 0.1) is 24.7 Å². The summed E-state index contributed by atoms with van der Waals surface area (Å²) in [5.74, 6) is -1.16. The number of hydrogen-bond donors (Lipinski definition) is 0. The molecular formula is C20H23NO4. The highest BCUT2D eigenvalue weighted by atomic mass is 16.6. The van der Waals surface area contributed by atoms with E-state index in [2.05, 4.69) is 0 Å². The number of benzene rings is 1. The standard InChI is InChI=1S/C20H23NO4/c1-12(2)10-24-19(23)16-15-7-8-20(25-15)11-21(18(22)17(16)20)14-6-4-5-13(3)9-14/h4-9,12,15-17H,10-11H2,1-3H3/t15-,16-,17+,20+/m0/s1. The van der Waals surface area contributed by atoms with Gasteiger partial charge in [-0.15, -0.1) is 0 Å². The highest BCUT2D eigenvalue weighted by Crippen LogP contribution is 2.52. The lowest BCUT2D eigenvalue weighted by Gasteiger charge is -2.23. The Labute approximate surface area is 147 Å². The van der Waals surface area contributed by atoms with Crippen LogP contribution in [-0.2, 0) is 19.1 Å². The van der Waals surface area contributed by atoms with Crippen LogP contribution in [0.4, 0.5) is 5.69 Å². The van der Waals surface area contributed by atoms with E-state index in [9.17, 15) is 9.59 Å². The van der Waals surface area contributed by atoms with Crippen molar-refractivity contribution >= 4 is 17.6 Å². The first kappa shape index (κ1) is 16.3. The molecule has 3 aliphatic heterocycles. The third-order valence-electron chi connectivity index (χ3n) is 5.24. The van der Waals surface area contributed by atoms with E-state index in [0.29, 0.717) is 13.2 Å². The van der Waals surface area contributed by atoms with Gasteiger partial charge >= 0.3 is 5.97 Å². The molecule has 0 radical (unpaired) electrons. The second-order valence-electron chi connectivity index (χ2n) is 7.69. The van der Waals surface area contributed by atoms with Crippen molar-refractivity contribution in [3.63, 3.8) is 0 Å². The summed E-state index contributed by atoms with van der Waals surface area (Å²) in [5.41, 5.74) is 1.24. The van der Waals surface area contributed by atoms with Gasteiger partial charge in [0.05, 0.1) is 25.2 Å². The smallest absolute Gasteiger partial charge is 0.312 e. The van der Waals surface area contributed by atoms with E-state index in [4.69, 9.17) is 9.47 Å². The van der Waals surface area contributed by atoms with E-state index in [0.717, 1.165) is 11.3 Å². The zero-order valence-corrected chi connectivity index (χ0v) is 14.8. The number of aryl methyl sites for hydroxylation is 1. The summed E-state index contributed by atoms with van der Waals surface area (Å²) in [4.78, 5) is 27.5. The highest BCUT2D eigenvalue weighted by molar-refractivity contribution is 6.02. The summed E-state index contributed by atoms with van der Waals surface area (Å²) >= 11 is 0. The van der Waals surface area contributed by atoms with Crippen molar-refractivity contribution in [2.24, 2.45) is 17.8 Å². The number of esters is 1. The maximum atomic E-state index is 13.1. The van der Waals surface area contributed by atoms with Crippen molar-refractivity contribution in [2.45, 2.75) is 32.5 Å². The van der Waals surface area contributed by atoms with Gasteiger partial charge in [-0.25, -0.2) is 0 Å². The Bertz CT molecular complexity index is 756. The van der Waals surface area contributed by atoms with E-state index in [1.165, 1.54) is 0 Å². The molecule has 1 aromatic carbocycles. The zero-order chi connectivity index (χ0) is 17.8. The van der Waals surface area contributed by atoms with Crippen molar-refractivity contribution in [1.82, 2.24) is 0 Å². The monoisotopic (exact) mass is 341 g/mol. The Morgan fingerprint density at radius 2 is 2.24 bits per heavy atom. The van der Waals surface area contributed by atoms with Gasteiger partial charge in [0.2, 0.25) is 5.91 Å². The maximum Gasteiger partial charge on any atom is 0.312 e. The van der Waals surface area contributed by atoms with Crippen LogP contribution in [-0.4, -0.2) is 36.7 Å². The first-order valence-electron chi connectivity index (χ1n) is 8.83. The van der Waals surface area contributed by atoms with Crippen molar-refractivity contribution in [1.29, 1.82) is 0 Å². The molecule has 4 atom stereocenters. The van der Waals surface area contributed by atoms with Gasteiger partial charge in [-0.3, -0.25) is 9.59 Å². The zero-order valence-electron chi connectivity index (χ0n) is 14.8. The Morgan fingerprint density at radius 3 is 2.96 bits per heavy atom. The van der Waals surface area contributed by atoms with Crippen LogP contribution in [0.15, 0.2) is 36.4 Å². The van der Waals surface area contributed by atoms with Gasteiger partial charge in [0.1, 0.15) is 11.5 Å². The Morgan fingerprint density at radius 1 is 1.44 bits per heavy atom. The van der Waals surface area contributed by atoms with Crippen molar-refractivity contribution < 1.29 is 19.1 Å². The minimum Gasteiger partial charge on any atom is -0.465 e. The van der Waals surface area contributed by atoms with Gasteiger partial charge in [-0.2, -0.15) is 0 Å². The summed E-state index contributed by atoms with van der Waals surface area (Å²) in [6, 6.07) is 7.84. The van der Waals surface area contributed by atoms with Gasteiger partial charge < -0.3 is 14.4 Å². The average Bonchev–Trinajstić information content (AvgIpc) is 3.21. The van der Waals surface area contributed by atoms with E-state index in [1.54, 1.807) is 4.90 Å². The fourth-order valence-corrected chi connectivity index (χ4v) is 4.13. The second kappa shape index (κ2) is 5.70. The molecule has 2 saturated heterocycles. The van der Waals surface area contributed by atoms with Gasteiger partial charge in [0.15, 0.2) is 0 Å². The van der Waals surface area contributed by atoms with E-state index >= 15 is 0 Å². The van der Waals surface area contributed by atoms with Crippen LogP contribution in [0.2, 0.25) is 0 Å². The Hall–Kier alpha value is -2.14. The maximum absolute atomic E-state index is 13.1. The minimum atomic E-state index is -0.701. The summed E-state index contributed by atoms with van der Waals surface area (Å²) in [6.45, 7) is 6.79. The molecule has 0 saturated carbocycles. The number of anilines is 1. The van der Waals surface area contributed by atoms with E-state index in [1.807, 2.05) is 57.2 Å². The quantitative estimate of drug-likeness (QED) is 0.624. The molecule has 5 nitrogen and oxygen atoms in total. The third kappa shape index (κ3) is 2.49. The van der Waals surface area contributed by atoms with Gasteiger partial charge in [0, 0.05) is 5.69 Å². The van der Waals surface area contributed by atoms with Gasteiger partial charge in [0.25, 0.3) is 0 Å². The molecule has 0 N–H and O–H groups in total. The molecule has 3 heterocycles. The molecule has 0 aliphatic carbocycles. The van der Waals surface area contributed by atoms with Crippen LogP contribution >= 0.6 is 0 Å². The summed E-state index contributed by atoms with van der Waals surface area (Å²) < 4.78 is 11.5. The molecule has 1 aromatic rings. The predicted molar refractivity (Wildman–Crippen MR) is 93.1 cm³/mol. The molecule has 3 aliphatic rings. The summed E-state index contributed by atoms with van der Waals surface area (Å²) in [7, 11) is 0. The van der Waals surface area contributed by atoms with Crippen LogP contribution in [0.3, 0.4) is 0 Å². The van der Waals surface area contributed by atoms with E-state index in [-0.39, 0.29) is 23.9 Å². The number of carbonyl (C=O) groups excluding carboxylic acids is 2. The van der Waals surface area contributed by atoms with Crippen LogP contribution in [0.1, 0.15) is 19.4 Å². The molecule has 1 spiro atoms. The first-order valence-corrected chi connectivity index (χ1v) is 8.83. The molecule has 4 rings (SSSR count). The normalized spacial score (nSPS) is 32.6. The van der Waals surface area contributed by atoms with Crippen molar-refractivity contribution in [3.05, 3.63) is 42.0 Å². The van der Waals surface area contributed by atoms with E-state index < -0.39 is 17.4 Å². The lowest BCUT2D eigenvalue weighted by atomic mass is 9.77. The lowest BCUT2D eigenvalue weighted by molar-refractivity contribution is -0.153. The van der Waals surface area contributed by atoms with Gasteiger partial charge in [-0.05, 0) is 30.5 Å². The molecule has 0 unspecified atom stereocenters. The summed E-state index contributed by atoms with van der Waals surface area (Å²) in [6.07, 6.45) is 3.51. The fraction of sp³-hybridized carbons (Fsp3) is 0.500. The molecular weight excluding hydrogens is 318 g/mol. The van der Waals surface area contributed by atoms with Crippen LogP contribution in [0.25, 0.3) is 0 Å². The molecule has 25 heavy (non-hydrogen) atoms. The molecule has 2 fully saturated rings. The molecule has 132 valence electrons. The number of fused-ring (bicyclic) bond motifs is 1. The molecule has 0 aromatic heterocycles. The number of nitrogens with zero attached hydrogens (tertiary/aromatic N) is 1. The SMILES string of the molecule is Cc1cccc(N2C[C@@]34C=C[C@H](O3)[C@H](C(=O)OCC(C)C)[C@@H]4C2=O)c1. The number of ether oxygens (including phenoxy) is 2. The predicted octanol–water partition coefficient (Wildman–Crippen LogP) is 2.48. The molecule has 2 bridgehead atoms. The Kier molecular flexibility index (Phi) is 3.72. The van der Waals surface area contributed by atoms with Crippen molar-refractivity contribution in [3.8, 4) is 0 Å². The summed E-state index contributed by atoms with van der Waals surface area (Å²) in [5, 5.41) is 0. The highest BCUT2D eigenvalue weighted by Gasteiger charge is 2.67. The number of hydrogen-bond acceptors (Lipinski definition) is 4. The van der Waals surface area contributed by atoms with Crippen LogP contribution in [0.5, 0.6) is 0 Å². The van der Waals surface area contributed by atoms with Gasteiger partial charge in [-0.1, -0.05) is 38.1 Å². The first-order chi connectivity index (χ1) is 11.9. The Balaban J connectivity index is 1.62.